The van der Waals surface area contributed by atoms with Crippen molar-refractivity contribution in [3.05, 3.63) is 85.9 Å². The largest absolute Gasteiger partial charge is 0.486 e. The van der Waals surface area contributed by atoms with Gasteiger partial charge in [-0.05, 0) is 61.1 Å². The predicted octanol–water partition coefficient (Wildman–Crippen LogP) is 6.60. The van der Waals surface area contributed by atoms with Gasteiger partial charge in [-0.3, -0.25) is 14.4 Å². The molecule has 0 amide bonds. The molecule has 3 aliphatic rings. The van der Waals surface area contributed by atoms with Gasteiger partial charge in [0, 0.05) is 47.8 Å². The second kappa shape index (κ2) is 10.9. The molecule has 2 aromatic carbocycles. The van der Waals surface area contributed by atoms with Gasteiger partial charge in [-0.2, -0.15) is 0 Å². The quantitative estimate of drug-likeness (QED) is 0.413. The fourth-order valence-corrected chi connectivity index (χ4v) is 6.26. The standard InChI is InChI=1S/C29H26Cl2FNO5/c30-19-13-17(14-20(31)29(19)38-15-16-7-9-18(32)10-8-16)26-27-21(3-1-5-23(27)34)33(12-11-25(36)37)22-4-2-6-24(35)28(22)26/h7-10,13-14,26H,1-6,11-12,15H2,(H,36,37). The number of nitrogens with zero attached hydrogens (tertiary/aromatic N) is 1. The Bertz CT molecular complexity index is 1310. The van der Waals surface area contributed by atoms with Gasteiger partial charge >= 0.3 is 5.97 Å². The number of halogens is 3. The third-order valence-electron chi connectivity index (χ3n) is 7.29. The maximum absolute atomic E-state index is 13.3. The molecule has 0 saturated heterocycles. The van der Waals surface area contributed by atoms with E-state index < -0.39 is 11.9 Å². The molecule has 0 saturated carbocycles. The predicted molar refractivity (Wildman–Crippen MR) is 141 cm³/mol. The number of Topliss-reactive ketones (excluding diaryl/α,β-unsaturated/α-hetero) is 2. The molecule has 38 heavy (non-hydrogen) atoms. The number of ether oxygens (including phenoxy) is 1. The molecule has 6 nitrogen and oxygen atoms in total. The van der Waals surface area contributed by atoms with Crippen molar-refractivity contribution in [2.24, 2.45) is 0 Å². The summed E-state index contributed by atoms with van der Waals surface area (Å²) in [5, 5.41) is 9.81. The van der Waals surface area contributed by atoms with Crippen LogP contribution in [0.5, 0.6) is 5.75 Å². The minimum absolute atomic E-state index is 0.0506. The molecule has 0 aromatic heterocycles. The van der Waals surface area contributed by atoms with E-state index in [0.717, 1.165) is 17.0 Å². The van der Waals surface area contributed by atoms with E-state index in [1.165, 1.54) is 12.1 Å². The summed E-state index contributed by atoms with van der Waals surface area (Å²) < 4.78 is 19.1. The maximum Gasteiger partial charge on any atom is 0.305 e. The molecular weight excluding hydrogens is 532 g/mol. The average molecular weight is 558 g/mol. The lowest BCUT2D eigenvalue weighted by atomic mass is 9.71. The molecule has 1 N–H and O–H groups in total. The van der Waals surface area contributed by atoms with Gasteiger partial charge in [-0.15, -0.1) is 0 Å². The summed E-state index contributed by atoms with van der Waals surface area (Å²) >= 11 is 13.3. The topological polar surface area (TPSA) is 83.9 Å². The zero-order valence-electron chi connectivity index (χ0n) is 20.6. The Kier molecular flexibility index (Phi) is 7.59. The first-order chi connectivity index (χ1) is 18.2. The van der Waals surface area contributed by atoms with Gasteiger partial charge in [0.25, 0.3) is 0 Å². The third kappa shape index (κ3) is 5.09. The monoisotopic (exact) mass is 557 g/mol. The molecule has 2 aromatic rings. The molecule has 1 heterocycles. The van der Waals surface area contributed by atoms with E-state index in [1.807, 2.05) is 4.90 Å². The van der Waals surface area contributed by atoms with Crippen LogP contribution in [0.2, 0.25) is 10.0 Å². The number of benzene rings is 2. The molecule has 0 spiro atoms. The Balaban J connectivity index is 1.56. The van der Waals surface area contributed by atoms with Crippen molar-refractivity contribution in [3.63, 3.8) is 0 Å². The fourth-order valence-electron chi connectivity index (χ4n) is 5.65. The summed E-state index contributed by atoms with van der Waals surface area (Å²) in [4.78, 5) is 40.0. The number of carboxylic acids is 1. The van der Waals surface area contributed by atoms with Crippen LogP contribution in [0, 0.1) is 5.82 Å². The van der Waals surface area contributed by atoms with Crippen LogP contribution in [0.4, 0.5) is 4.39 Å². The molecular formula is C29H26Cl2FNO5. The molecule has 0 unspecified atom stereocenters. The number of aliphatic carboxylic acids is 1. The van der Waals surface area contributed by atoms with E-state index in [9.17, 15) is 23.9 Å². The van der Waals surface area contributed by atoms with Crippen molar-refractivity contribution in [1.29, 1.82) is 0 Å². The van der Waals surface area contributed by atoms with Gasteiger partial charge in [0.15, 0.2) is 17.3 Å². The van der Waals surface area contributed by atoms with Crippen LogP contribution in [0.25, 0.3) is 0 Å². The van der Waals surface area contributed by atoms with E-state index in [1.54, 1.807) is 24.3 Å². The highest BCUT2D eigenvalue weighted by Crippen LogP contribution is 2.50. The average Bonchev–Trinajstić information content (AvgIpc) is 2.87. The van der Waals surface area contributed by atoms with Crippen molar-refractivity contribution >= 4 is 40.7 Å². The number of carbonyl (C=O) groups is 3. The number of hydrogen-bond donors (Lipinski definition) is 1. The van der Waals surface area contributed by atoms with Gasteiger partial charge in [0.1, 0.15) is 12.4 Å². The molecule has 2 aliphatic carbocycles. The highest BCUT2D eigenvalue weighted by molar-refractivity contribution is 6.37. The Morgan fingerprint density at radius 1 is 0.947 bits per heavy atom. The molecule has 0 radical (unpaired) electrons. The lowest BCUT2D eigenvalue weighted by Gasteiger charge is -2.44. The lowest BCUT2D eigenvalue weighted by molar-refractivity contribution is -0.137. The van der Waals surface area contributed by atoms with Gasteiger partial charge in [-0.1, -0.05) is 35.3 Å². The zero-order chi connectivity index (χ0) is 27.0. The number of carboxylic acid groups (broad SMARTS) is 1. The minimum atomic E-state index is -0.935. The summed E-state index contributed by atoms with van der Waals surface area (Å²) in [6.07, 6.45) is 3.21. The summed E-state index contributed by atoms with van der Waals surface area (Å²) in [5.41, 5.74) is 4.01. The second-order valence-corrected chi connectivity index (χ2v) is 10.5. The van der Waals surface area contributed by atoms with Crippen LogP contribution in [0.1, 0.15) is 62.0 Å². The number of rotatable bonds is 7. The fraction of sp³-hybridized carbons (Fsp3) is 0.345. The van der Waals surface area contributed by atoms with E-state index in [4.69, 9.17) is 27.9 Å². The first kappa shape index (κ1) is 26.4. The smallest absolute Gasteiger partial charge is 0.305 e. The Hall–Kier alpha value is -3.16. The Morgan fingerprint density at radius 3 is 2.03 bits per heavy atom. The SMILES string of the molecule is O=C(O)CCN1C2=C(C(=O)CCC2)C(c2cc(Cl)c(OCc3ccc(F)cc3)c(Cl)c2)C2=C1CCCC2=O. The highest BCUT2D eigenvalue weighted by atomic mass is 35.5. The summed E-state index contributed by atoms with van der Waals surface area (Å²) in [7, 11) is 0. The second-order valence-electron chi connectivity index (χ2n) is 9.73. The lowest BCUT2D eigenvalue weighted by Crippen LogP contribution is -2.39. The summed E-state index contributed by atoms with van der Waals surface area (Å²) in [6, 6.07) is 9.26. The van der Waals surface area contributed by atoms with E-state index in [2.05, 4.69) is 0 Å². The van der Waals surface area contributed by atoms with E-state index >= 15 is 0 Å². The van der Waals surface area contributed by atoms with Gasteiger partial charge in [0.2, 0.25) is 0 Å². The molecule has 9 heteroatoms. The zero-order valence-corrected chi connectivity index (χ0v) is 22.1. The Morgan fingerprint density at radius 2 is 1.50 bits per heavy atom. The van der Waals surface area contributed by atoms with Gasteiger partial charge in [0.05, 0.1) is 16.5 Å². The normalized spacial score (nSPS) is 18.0. The Labute approximate surface area is 229 Å². The van der Waals surface area contributed by atoms with Gasteiger partial charge in [-0.25, -0.2) is 4.39 Å². The number of ketones is 2. The first-order valence-corrected chi connectivity index (χ1v) is 13.4. The van der Waals surface area contributed by atoms with Crippen molar-refractivity contribution in [2.75, 3.05) is 6.54 Å². The number of hydrogen-bond acceptors (Lipinski definition) is 5. The van der Waals surface area contributed by atoms with Crippen LogP contribution >= 0.6 is 23.2 Å². The van der Waals surface area contributed by atoms with Crippen molar-refractivity contribution < 1.29 is 28.6 Å². The molecule has 0 atom stereocenters. The molecule has 1 aliphatic heterocycles. The molecule has 198 valence electrons. The van der Waals surface area contributed by atoms with Crippen LogP contribution in [0.3, 0.4) is 0 Å². The summed E-state index contributed by atoms with van der Waals surface area (Å²) in [6.45, 7) is 0.334. The van der Waals surface area contributed by atoms with Crippen LogP contribution in [-0.2, 0) is 21.0 Å². The van der Waals surface area contributed by atoms with E-state index in [-0.39, 0.29) is 52.8 Å². The number of carbonyl (C=O) groups excluding carboxylic acids is 2. The van der Waals surface area contributed by atoms with E-state index in [0.29, 0.717) is 55.2 Å². The first-order valence-electron chi connectivity index (χ1n) is 12.6. The third-order valence-corrected chi connectivity index (χ3v) is 7.85. The van der Waals surface area contributed by atoms with Crippen LogP contribution in [0.15, 0.2) is 58.9 Å². The van der Waals surface area contributed by atoms with Crippen molar-refractivity contribution in [2.45, 2.75) is 57.5 Å². The van der Waals surface area contributed by atoms with Crippen molar-refractivity contribution in [3.8, 4) is 5.75 Å². The van der Waals surface area contributed by atoms with Crippen molar-refractivity contribution in [1.82, 2.24) is 4.90 Å². The molecule has 0 bridgehead atoms. The van der Waals surface area contributed by atoms with Crippen LogP contribution in [-0.4, -0.2) is 34.1 Å². The molecule has 0 fully saturated rings. The van der Waals surface area contributed by atoms with Gasteiger partial charge < -0.3 is 14.7 Å². The maximum atomic E-state index is 13.3. The molecule has 5 rings (SSSR count). The minimum Gasteiger partial charge on any atom is -0.486 e. The number of allylic oxidation sites excluding steroid dienone is 4. The van der Waals surface area contributed by atoms with Crippen LogP contribution < -0.4 is 4.74 Å². The highest BCUT2D eigenvalue weighted by Gasteiger charge is 2.43. The summed E-state index contributed by atoms with van der Waals surface area (Å²) in [5.74, 6) is -1.75.